The standard InChI is InChI=1S/C13H18N2O/c1-2-7-15-12-5-3-10(9-14)8-11(12)4-6-13(15)16/h3,5,8H,2,4,6-7,9,14H2,1H3. The Morgan fingerprint density at radius 1 is 1.38 bits per heavy atom. The Morgan fingerprint density at radius 3 is 2.88 bits per heavy atom. The highest BCUT2D eigenvalue weighted by molar-refractivity contribution is 5.96. The second-order valence-electron chi connectivity index (χ2n) is 4.21. The molecule has 0 aromatic heterocycles. The Kier molecular flexibility index (Phi) is 3.25. The number of carbonyl (C=O) groups is 1. The van der Waals surface area contributed by atoms with E-state index in [-0.39, 0.29) is 5.91 Å². The molecule has 1 aliphatic heterocycles. The first-order chi connectivity index (χ1) is 7.76. The average Bonchev–Trinajstić information content (AvgIpc) is 2.32. The van der Waals surface area contributed by atoms with Crippen LogP contribution in [0.25, 0.3) is 0 Å². The molecule has 0 atom stereocenters. The lowest BCUT2D eigenvalue weighted by atomic mass is 9.98. The fourth-order valence-corrected chi connectivity index (χ4v) is 2.21. The average molecular weight is 218 g/mol. The molecule has 86 valence electrons. The molecule has 1 amide bonds. The van der Waals surface area contributed by atoms with E-state index in [4.69, 9.17) is 5.73 Å². The summed E-state index contributed by atoms with van der Waals surface area (Å²) in [6.45, 7) is 3.47. The molecule has 2 N–H and O–H groups in total. The highest BCUT2D eigenvalue weighted by Crippen LogP contribution is 2.28. The molecular weight excluding hydrogens is 200 g/mol. The van der Waals surface area contributed by atoms with Gasteiger partial charge in [-0.1, -0.05) is 19.1 Å². The van der Waals surface area contributed by atoms with Gasteiger partial charge in [-0.3, -0.25) is 4.79 Å². The van der Waals surface area contributed by atoms with Gasteiger partial charge in [-0.25, -0.2) is 0 Å². The van der Waals surface area contributed by atoms with Crippen molar-refractivity contribution in [1.29, 1.82) is 0 Å². The second kappa shape index (κ2) is 4.66. The largest absolute Gasteiger partial charge is 0.326 e. The molecule has 0 saturated carbocycles. The number of fused-ring (bicyclic) bond motifs is 1. The summed E-state index contributed by atoms with van der Waals surface area (Å²) in [5.41, 5.74) is 9.11. The molecule has 0 radical (unpaired) electrons. The molecule has 16 heavy (non-hydrogen) atoms. The number of amides is 1. The first-order valence-electron chi connectivity index (χ1n) is 5.88. The molecule has 0 spiro atoms. The van der Waals surface area contributed by atoms with Crippen LogP contribution in [0.5, 0.6) is 0 Å². The predicted molar refractivity (Wildman–Crippen MR) is 65.3 cm³/mol. The number of nitrogens with two attached hydrogens (primary N) is 1. The van der Waals surface area contributed by atoms with Crippen molar-refractivity contribution in [2.75, 3.05) is 11.4 Å². The Labute approximate surface area is 96.2 Å². The lowest BCUT2D eigenvalue weighted by molar-refractivity contribution is -0.118. The van der Waals surface area contributed by atoms with Gasteiger partial charge in [0.25, 0.3) is 0 Å². The van der Waals surface area contributed by atoms with Crippen LogP contribution < -0.4 is 10.6 Å². The lowest BCUT2D eigenvalue weighted by Gasteiger charge is -2.29. The van der Waals surface area contributed by atoms with E-state index in [1.807, 2.05) is 17.0 Å². The summed E-state index contributed by atoms with van der Waals surface area (Å²) in [7, 11) is 0. The van der Waals surface area contributed by atoms with E-state index in [9.17, 15) is 4.79 Å². The number of anilines is 1. The quantitative estimate of drug-likeness (QED) is 0.841. The van der Waals surface area contributed by atoms with E-state index in [1.165, 1.54) is 5.56 Å². The summed E-state index contributed by atoms with van der Waals surface area (Å²) in [4.78, 5) is 13.7. The summed E-state index contributed by atoms with van der Waals surface area (Å²) in [5.74, 6) is 0.245. The van der Waals surface area contributed by atoms with Crippen LogP contribution >= 0.6 is 0 Å². The number of hydrogen-bond donors (Lipinski definition) is 1. The van der Waals surface area contributed by atoms with Crippen molar-refractivity contribution in [2.24, 2.45) is 5.73 Å². The van der Waals surface area contributed by atoms with Gasteiger partial charge in [-0.2, -0.15) is 0 Å². The van der Waals surface area contributed by atoms with E-state index in [2.05, 4.69) is 13.0 Å². The zero-order valence-corrected chi connectivity index (χ0v) is 9.70. The Balaban J connectivity index is 2.36. The minimum absolute atomic E-state index is 0.245. The van der Waals surface area contributed by atoms with Gasteiger partial charge in [0.1, 0.15) is 0 Å². The Morgan fingerprint density at radius 2 is 2.19 bits per heavy atom. The molecular formula is C13H18N2O. The first kappa shape index (κ1) is 11.1. The van der Waals surface area contributed by atoms with Crippen LogP contribution in [0, 0.1) is 0 Å². The van der Waals surface area contributed by atoms with Gasteiger partial charge in [0, 0.05) is 25.2 Å². The molecule has 0 unspecified atom stereocenters. The third-order valence-corrected chi connectivity index (χ3v) is 3.03. The van der Waals surface area contributed by atoms with E-state index in [1.54, 1.807) is 0 Å². The summed E-state index contributed by atoms with van der Waals surface area (Å²) >= 11 is 0. The smallest absolute Gasteiger partial charge is 0.227 e. The van der Waals surface area contributed by atoms with Crippen LogP contribution in [0.1, 0.15) is 30.9 Å². The maximum absolute atomic E-state index is 11.8. The molecule has 0 saturated heterocycles. The lowest BCUT2D eigenvalue weighted by Crippen LogP contribution is -2.35. The maximum atomic E-state index is 11.8. The van der Waals surface area contributed by atoms with Crippen molar-refractivity contribution in [2.45, 2.75) is 32.7 Å². The third kappa shape index (κ3) is 1.95. The minimum Gasteiger partial charge on any atom is -0.326 e. The first-order valence-corrected chi connectivity index (χ1v) is 5.88. The van der Waals surface area contributed by atoms with Crippen LogP contribution in [0.4, 0.5) is 5.69 Å². The summed E-state index contributed by atoms with van der Waals surface area (Å²) in [6.07, 6.45) is 2.47. The van der Waals surface area contributed by atoms with Gasteiger partial charge in [0.05, 0.1) is 0 Å². The van der Waals surface area contributed by atoms with Crippen molar-refractivity contribution in [3.8, 4) is 0 Å². The van der Waals surface area contributed by atoms with E-state index in [0.29, 0.717) is 13.0 Å². The normalized spacial score (nSPS) is 15.1. The number of rotatable bonds is 3. The number of nitrogens with zero attached hydrogens (tertiary/aromatic N) is 1. The molecule has 1 aromatic carbocycles. The molecule has 3 heteroatoms. The van der Waals surface area contributed by atoms with Crippen LogP contribution in [-0.2, 0) is 17.8 Å². The van der Waals surface area contributed by atoms with Gasteiger partial charge < -0.3 is 10.6 Å². The molecule has 2 rings (SSSR count). The Bertz CT molecular complexity index is 401. The maximum Gasteiger partial charge on any atom is 0.227 e. The summed E-state index contributed by atoms with van der Waals surface area (Å²) in [5, 5.41) is 0. The summed E-state index contributed by atoms with van der Waals surface area (Å²) < 4.78 is 0. The molecule has 1 heterocycles. The van der Waals surface area contributed by atoms with Crippen LogP contribution in [0.15, 0.2) is 18.2 Å². The Hall–Kier alpha value is -1.35. The zero-order chi connectivity index (χ0) is 11.5. The topological polar surface area (TPSA) is 46.3 Å². The van der Waals surface area contributed by atoms with Gasteiger partial charge in [0.2, 0.25) is 5.91 Å². The van der Waals surface area contributed by atoms with Crippen LogP contribution in [0.3, 0.4) is 0 Å². The molecule has 0 bridgehead atoms. The number of hydrogen-bond acceptors (Lipinski definition) is 2. The van der Waals surface area contributed by atoms with Crippen molar-refractivity contribution >= 4 is 11.6 Å². The third-order valence-electron chi connectivity index (χ3n) is 3.03. The van der Waals surface area contributed by atoms with Crippen LogP contribution in [-0.4, -0.2) is 12.5 Å². The highest BCUT2D eigenvalue weighted by Gasteiger charge is 2.23. The molecule has 0 aliphatic carbocycles. The SMILES string of the molecule is CCCN1C(=O)CCc2cc(CN)ccc21. The molecule has 1 aliphatic rings. The zero-order valence-electron chi connectivity index (χ0n) is 9.70. The van der Waals surface area contributed by atoms with Crippen molar-refractivity contribution in [1.82, 2.24) is 0 Å². The second-order valence-corrected chi connectivity index (χ2v) is 4.21. The highest BCUT2D eigenvalue weighted by atomic mass is 16.2. The number of benzene rings is 1. The van der Waals surface area contributed by atoms with Crippen molar-refractivity contribution in [3.05, 3.63) is 29.3 Å². The number of carbonyl (C=O) groups excluding carboxylic acids is 1. The number of aryl methyl sites for hydroxylation is 1. The van der Waals surface area contributed by atoms with Crippen molar-refractivity contribution in [3.63, 3.8) is 0 Å². The molecule has 3 nitrogen and oxygen atoms in total. The molecule has 1 aromatic rings. The van der Waals surface area contributed by atoms with Gasteiger partial charge >= 0.3 is 0 Å². The fourth-order valence-electron chi connectivity index (χ4n) is 2.21. The minimum atomic E-state index is 0.245. The van der Waals surface area contributed by atoms with Gasteiger partial charge in [0.15, 0.2) is 0 Å². The predicted octanol–water partition coefficient (Wildman–Crippen LogP) is 1.83. The molecule has 0 fully saturated rings. The van der Waals surface area contributed by atoms with Gasteiger partial charge in [-0.15, -0.1) is 0 Å². The van der Waals surface area contributed by atoms with E-state index < -0.39 is 0 Å². The van der Waals surface area contributed by atoms with Crippen molar-refractivity contribution < 1.29 is 4.79 Å². The summed E-state index contributed by atoms with van der Waals surface area (Å²) in [6, 6.07) is 6.18. The van der Waals surface area contributed by atoms with E-state index in [0.717, 1.165) is 30.6 Å². The van der Waals surface area contributed by atoms with Crippen LogP contribution in [0.2, 0.25) is 0 Å². The van der Waals surface area contributed by atoms with E-state index >= 15 is 0 Å². The fraction of sp³-hybridized carbons (Fsp3) is 0.462. The monoisotopic (exact) mass is 218 g/mol. The van der Waals surface area contributed by atoms with Gasteiger partial charge in [-0.05, 0) is 30.0 Å².